The fourth-order valence-electron chi connectivity index (χ4n) is 0.684. The van der Waals surface area contributed by atoms with E-state index in [-0.39, 0.29) is 11.9 Å². The molecule has 1 amide bonds. The summed E-state index contributed by atoms with van der Waals surface area (Å²) in [4.78, 5) is 20.6. The largest absolute Gasteiger partial charge is 0.356 e. The lowest BCUT2D eigenvalue weighted by molar-refractivity contribution is -0.119. The molecule has 11 heavy (non-hydrogen) atoms. The van der Waals surface area contributed by atoms with Crippen molar-refractivity contribution in [2.75, 3.05) is 13.6 Å². The van der Waals surface area contributed by atoms with Crippen molar-refractivity contribution >= 4 is 12.2 Å². The van der Waals surface area contributed by atoms with E-state index >= 15 is 0 Å². The van der Waals surface area contributed by atoms with E-state index in [4.69, 9.17) is 0 Å². The summed E-state index contributed by atoms with van der Waals surface area (Å²) in [7, 11) is 1.72. The van der Waals surface area contributed by atoms with Crippen LogP contribution in [-0.4, -0.2) is 31.8 Å². The van der Waals surface area contributed by atoms with Gasteiger partial charge in [-0.1, -0.05) is 0 Å². The molecule has 0 aromatic rings. The van der Waals surface area contributed by atoms with Crippen LogP contribution in [-0.2, 0) is 9.59 Å². The number of hydrogen-bond donors (Lipinski definition) is 2. The van der Waals surface area contributed by atoms with Crippen LogP contribution in [0.1, 0.15) is 13.3 Å². The average Bonchev–Trinajstić information content (AvgIpc) is 1.98. The van der Waals surface area contributed by atoms with Crippen LogP contribution in [0.3, 0.4) is 0 Å². The van der Waals surface area contributed by atoms with Gasteiger partial charge in [-0.25, -0.2) is 0 Å². The number of rotatable bonds is 5. The van der Waals surface area contributed by atoms with Crippen LogP contribution in [0.25, 0.3) is 0 Å². The van der Waals surface area contributed by atoms with Crippen molar-refractivity contribution in [1.29, 1.82) is 0 Å². The van der Waals surface area contributed by atoms with Crippen molar-refractivity contribution in [2.45, 2.75) is 19.4 Å². The van der Waals surface area contributed by atoms with Crippen molar-refractivity contribution < 1.29 is 9.59 Å². The van der Waals surface area contributed by atoms with Crippen molar-refractivity contribution in [3.63, 3.8) is 0 Å². The summed E-state index contributed by atoms with van der Waals surface area (Å²) >= 11 is 0. The van der Waals surface area contributed by atoms with E-state index in [0.717, 1.165) is 6.29 Å². The van der Waals surface area contributed by atoms with Crippen LogP contribution >= 0.6 is 0 Å². The molecule has 0 aliphatic carbocycles. The molecule has 0 saturated carbocycles. The summed E-state index contributed by atoms with van der Waals surface area (Å²) < 4.78 is 0. The third kappa shape index (κ3) is 5.54. The van der Waals surface area contributed by atoms with Gasteiger partial charge in [-0.15, -0.1) is 0 Å². The first kappa shape index (κ1) is 10.1. The van der Waals surface area contributed by atoms with E-state index in [1.165, 1.54) is 6.92 Å². The lowest BCUT2D eigenvalue weighted by Crippen LogP contribution is -2.32. The molecule has 0 bridgehead atoms. The minimum Gasteiger partial charge on any atom is -0.356 e. The molecule has 0 fully saturated rings. The highest BCUT2D eigenvalue weighted by molar-refractivity contribution is 5.72. The van der Waals surface area contributed by atoms with Crippen LogP contribution in [0, 0.1) is 0 Å². The van der Waals surface area contributed by atoms with Crippen LogP contribution < -0.4 is 10.6 Å². The van der Waals surface area contributed by atoms with Gasteiger partial charge in [-0.05, 0) is 13.5 Å². The van der Waals surface area contributed by atoms with E-state index < -0.39 is 0 Å². The van der Waals surface area contributed by atoms with Gasteiger partial charge in [-0.3, -0.25) is 4.79 Å². The van der Waals surface area contributed by atoms with Gasteiger partial charge in [0.25, 0.3) is 0 Å². The Bertz CT molecular complexity index is 136. The molecule has 0 aliphatic heterocycles. The first-order valence-electron chi connectivity index (χ1n) is 3.57. The van der Waals surface area contributed by atoms with Crippen LogP contribution in [0.15, 0.2) is 0 Å². The van der Waals surface area contributed by atoms with Gasteiger partial charge in [0.15, 0.2) is 0 Å². The summed E-state index contributed by atoms with van der Waals surface area (Å²) in [5, 5.41) is 5.41. The fourth-order valence-corrected chi connectivity index (χ4v) is 0.684. The third-order valence-corrected chi connectivity index (χ3v) is 1.36. The van der Waals surface area contributed by atoms with E-state index in [1.807, 2.05) is 0 Å². The number of amides is 1. The van der Waals surface area contributed by atoms with Crippen molar-refractivity contribution in [2.24, 2.45) is 0 Å². The Hall–Kier alpha value is -0.900. The Labute approximate surface area is 66.4 Å². The average molecular weight is 158 g/mol. The predicted molar refractivity (Wildman–Crippen MR) is 42.2 cm³/mol. The monoisotopic (exact) mass is 158 g/mol. The topological polar surface area (TPSA) is 58.2 Å². The van der Waals surface area contributed by atoms with Crippen LogP contribution in [0.4, 0.5) is 0 Å². The standard InChI is InChI=1S/C7H14N2O2/c1-6(11)9-4-3-7(5-10)8-2/h5,7-8H,3-4H2,1-2H3,(H,9,11). The number of carbonyl (C=O) groups excluding carboxylic acids is 2. The van der Waals surface area contributed by atoms with Crippen LogP contribution in [0.5, 0.6) is 0 Å². The van der Waals surface area contributed by atoms with E-state index in [9.17, 15) is 9.59 Å². The smallest absolute Gasteiger partial charge is 0.216 e. The summed E-state index contributed by atoms with van der Waals surface area (Å²) in [6.45, 7) is 1.99. The molecule has 1 unspecified atom stereocenters. The maximum absolute atomic E-state index is 10.4. The molecule has 4 heteroatoms. The van der Waals surface area contributed by atoms with Gasteiger partial charge in [0.05, 0.1) is 6.04 Å². The zero-order valence-electron chi connectivity index (χ0n) is 6.89. The third-order valence-electron chi connectivity index (χ3n) is 1.36. The van der Waals surface area contributed by atoms with Crippen molar-refractivity contribution in [3.05, 3.63) is 0 Å². The number of likely N-dealkylation sites (N-methyl/N-ethyl adjacent to an activating group) is 1. The van der Waals surface area contributed by atoms with Crippen molar-refractivity contribution in [3.8, 4) is 0 Å². The molecule has 0 rings (SSSR count). The lowest BCUT2D eigenvalue weighted by Gasteiger charge is -2.07. The Kier molecular flexibility index (Phi) is 5.37. The first-order valence-corrected chi connectivity index (χ1v) is 3.57. The Balaban J connectivity index is 3.35. The van der Waals surface area contributed by atoms with Gasteiger partial charge in [0.2, 0.25) is 5.91 Å². The summed E-state index contributed by atoms with van der Waals surface area (Å²) in [5.74, 6) is -0.0641. The molecular formula is C7H14N2O2. The summed E-state index contributed by atoms with van der Waals surface area (Å²) in [5.41, 5.74) is 0. The Morgan fingerprint density at radius 1 is 1.64 bits per heavy atom. The normalized spacial score (nSPS) is 12.2. The van der Waals surface area contributed by atoms with Gasteiger partial charge in [-0.2, -0.15) is 0 Å². The van der Waals surface area contributed by atoms with E-state index in [1.54, 1.807) is 7.05 Å². The van der Waals surface area contributed by atoms with E-state index in [2.05, 4.69) is 10.6 Å². The second-order valence-corrected chi connectivity index (χ2v) is 2.30. The maximum atomic E-state index is 10.4. The Morgan fingerprint density at radius 2 is 2.27 bits per heavy atom. The minimum atomic E-state index is -0.151. The lowest BCUT2D eigenvalue weighted by atomic mass is 10.2. The summed E-state index contributed by atoms with van der Waals surface area (Å²) in [6, 6.07) is -0.151. The van der Waals surface area contributed by atoms with E-state index in [0.29, 0.717) is 13.0 Å². The molecule has 0 heterocycles. The summed E-state index contributed by atoms with van der Waals surface area (Å²) in [6.07, 6.45) is 1.47. The zero-order chi connectivity index (χ0) is 8.69. The highest BCUT2D eigenvalue weighted by Crippen LogP contribution is 1.83. The number of carbonyl (C=O) groups is 2. The molecule has 1 atom stereocenters. The second kappa shape index (κ2) is 5.85. The molecule has 4 nitrogen and oxygen atoms in total. The molecular weight excluding hydrogens is 144 g/mol. The van der Waals surface area contributed by atoms with Crippen molar-refractivity contribution in [1.82, 2.24) is 10.6 Å². The number of hydrogen-bond acceptors (Lipinski definition) is 3. The molecule has 2 N–H and O–H groups in total. The molecule has 0 aliphatic rings. The first-order chi connectivity index (χ1) is 5.20. The van der Waals surface area contributed by atoms with Gasteiger partial charge >= 0.3 is 0 Å². The van der Waals surface area contributed by atoms with Gasteiger partial charge in [0.1, 0.15) is 6.29 Å². The maximum Gasteiger partial charge on any atom is 0.216 e. The second-order valence-electron chi connectivity index (χ2n) is 2.30. The van der Waals surface area contributed by atoms with Gasteiger partial charge < -0.3 is 15.4 Å². The molecule has 64 valence electrons. The quantitative estimate of drug-likeness (QED) is 0.520. The minimum absolute atomic E-state index is 0.0641. The molecule has 0 radical (unpaired) electrons. The predicted octanol–water partition coefficient (Wildman–Crippen LogP) is -0.701. The Morgan fingerprint density at radius 3 is 2.64 bits per heavy atom. The van der Waals surface area contributed by atoms with Crippen LogP contribution in [0.2, 0.25) is 0 Å². The van der Waals surface area contributed by atoms with Gasteiger partial charge in [0, 0.05) is 13.5 Å². The number of nitrogens with one attached hydrogen (secondary N) is 2. The SMILES string of the molecule is CNC(C=O)CCNC(C)=O. The molecule has 0 saturated heterocycles. The zero-order valence-corrected chi connectivity index (χ0v) is 6.89. The molecule has 0 aromatic carbocycles. The molecule has 0 spiro atoms. The fraction of sp³-hybridized carbons (Fsp3) is 0.714. The highest BCUT2D eigenvalue weighted by Gasteiger charge is 2.02. The number of aldehydes is 1. The highest BCUT2D eigenvalue weighted by atomic mass is 16.1. The molecule has 0 aromatic heterocycles.